The molecular formula is C6H12N2O. The molecule has 0 aromatic carbocycles. The molecule has 0 saturated carbocycles. The van der Waals surface area contributed by atoms with E-state index in [2.05, 4.69) is 16.8 Å². The molecule has 0 unspecified atom stereocenters. The summed E-state index contributed by atoms with van der Waals surface area (Å²) < 4.78 is 5.03. The number of likely N-dealkylation sites (N-methyl/N-ethyl adjacent to an activating group) is 1. The van der Waals surface area contributed by atoms with Crippen LogP contribution in [0.3, 0.4) is 0 Å². The van der Waals surface area contributed by atoms with Gasteiger partial charge in [0.15, 0.2) is 0 Å². The number of ether oxygens (including phenoxy) is 1. The lowest BCUT2D eigenvalue weighted by Crippen LogP contribution is -2.62. The molecule has 52 valence electrons. The van der Waals surface area contributed by atoms with Gasteiger partial charge < -0.3 is 9.64 Å². The van der Waals surface area contributed by atoms with Gasteiger partial charge in [-0.1, -0.05) is 0 Å². The lowest BCUT2D eigenvalue weighted by Gasteiger charge is -2.47. The molecule has 2 saturated heterocycles. The van der Waals surface area contributed by atoms with Crippen molar-refractivity contribution in [2.24, 2.45) is 0 Å². The third kappa shape index (κ3) is 0.852. The fourth-order valence-electron chi connectivity index (χ4n) is 1.30. The van der Waals surface area contributed by atoms with E-state index < -0.39 is 0 Å². The third-order valence-corrected chi connectivity index (χ3v) is 2.08. The Morgan fingerprint density at radius 2 is 2.00 bits per heavy atom. The summed E-state index contributed by atoms with van der Waals surface area (Å²) in [5.74, 6) is 0. The Balaban J connectivity index is 1.75. The number of hydrogen-bond donors (Lipinski definition) is 0. The highest BCUT2D eigenvalue weighted by atomic mass is 16.5. The van der Waals surface area contributed by atoms with Gasteiger partial charge in [0.1, 0.15) is 13.5 Å². The first-order chi connectivity index (χ1) is 4.36. The van der Waals surface area contributed by atoms with Crippen LogP contribution in [-0.2, 0) is 4.74 Å². The normalized spacial score (nSPS) is 31.7. The van der Waals surface area contributed by atoms with E-state index in [9.17, 15) is 0 Å². The Morgan fingerprint density at radius 1 is 1.33 bits per heavy atom. The van der Waals surface area contributed by atoms with Gasteiger partial charge in [0.05, 0.1) is 0 Å². The van der Waals surface area contributed by atoms with E-state index in [1.807, 2.05) is 0 Å². The molecule has 2 rings (SSSR count). The van der Waals surface area contributed by atoms with E-state index in [0.29, 0.717) is 0 Å². The molecule has 2 aliphatic heterocycles. The van der Waals surface area contributed by atoms with Crippen LogP contribution in [0.2, 0.25) is 0 Å². The smallest absolute Gasteiger partial charge is 0.103 e. The number of nitrogens with zero attached hydrogens (tertiary/aromatic N) is 2. The minimum absolute atomic E-state index is 0.795. The van der Waals surface area contributed by atoms with Crippen LogP contribution < -0.4 is 0 Å². The summed E-state index contributed by atoms with van der Waals surface area (Å²) in [6, 6.07) is 0.795. The topological polar surface area (TPSA) is 15.7 Å². The quantitative estimate of drug-likeness (QED) is 0.475. The largest absolute Gasteiger partial charge is 0.351 e. The number of hydrogen-bond acceptors (Lipinski definition) is 3. The highest BCUT2D eigenvalue weighted by Gasteiger charge is 2.32. The second-order valence-electron chi connectivity index (χ2n) is 2.93. The van der Waals surface area contributed by atoms with Crippen LogP contribution in [0.1, 0.15) is 0 Å². The van der Waals surface area contributed by atoms with E-state index >= 15 is 0 Å². The van der Waals surface area contributed by atoms with Gasteiger partial charge in [-0.05, 0) is 7.05 Å². The molecule has 2 aliphatic rings. The van der Waals surface area contributed by atoms with Gasteiger partial charge in [-0.3, -0.25) is 4.90 Å². The number of likely N-dealkylation sites (tertiary alicyclic amines) is 1. The molecule has 0 spiro atoms. The van der Waals surface area contributed by atoms with Crippen molar-refractivity contribution in [3.63, 3.8) is 0 Å². The van der Waals surface area contributed by atoms with Crippen molar-refractivity contribution in [3.8, 4) is 0 Å². The van der Waals surface area contributed by atoms with Crippen LogP contribution in [0.25, 0.3) is 0 Å². The molecule has 0 aromatic rings. The lowest BCUT2D eigenvalue weighted by atomic mass is 10.1. The Labute approximate surface area is 55.2 Å². The fraction of sp³-hybridized carbons (Fsp3) is 1.00. The zero-order valence-electron chi connectivity index (χ0n) is 5.71. The van der Waals surface area contributed by atoms with Gasteiger partial charge in [-0.2, -0.15) is 0 Å². The SMILES string of the molecule is CN1CC(N2COC2)C1. The molecule has 9 heavy (non-hydrogen) atoms. The van der Waals surface area contributed by atoms with Crippen molar-refractivity contribution in [1.82, 2.24) is 9.80 Å². The molecule has 2 heterocycles. The third-order valence-electron chi connectivity index (χ3n) is 2.08. The van der Waals surface area contributed by atoms with Crippen molar-refractivity contribution < 1.29 is 4.74 Å². The first kappa shape index (κ1) is 5.65. The molecule has 2 fully saturated rings. The predicted molar refractivity (Wildman–Crippen MR) is 33.9 cm³/mol. The van der Waals surface area contributed by atoms with E-state index in [4.69, 9.17) is 4.74 Å². The van der Waals surface area contributed by atoms with Crippen molar-refractivity contribution in [2.75, 3.05) is 33.6 Å². The molecular weight excluding hydrogens is 116 g/mol. The molecule has 0 aliphatic carbocycles. The molecule has 0 N–H and O–H groups in total. The predicted octanol–water partition coefficient (Wildman–Crippen LogP) is -0.452. The molecule has 0 amide bonds. The van der Waals surface area contributed by atoms with Gasteiger partial charge in [-0.15, -0.1) is 0 Å². The second-order valence-corrected chi connectivity index (χ2v) is 2.93. The average Bonchev–Trinajstić information content (AvgIpc) is 1.57. The zero-order chi connectivity index (χ0) is 6.27. The molecule has 3 heteroatoms. The maximum Gasteiger partial charge on any atom is 0.103 e. The summed E-state index contributed by atoms with van der Waals surface area (Å²) in [7, 11) is 2.15. The first-order valence-electron chi connectivity index (χ1n) is 3.36. The summed E-state index contributed by atoms with van der Waals surface area (Å²) in [4.78, 5) is 4.68. The Morgan fingerprint density at radius 3 is 2.33 bits per heavy atom. The molecule has 0 atom stereocenters. The van der Waals surface area contributed by atoms with Gasteiger partial charge in [0.25, 0.3) is 0 Å². The minimum Gasteiger partial charge on any atom is -0.351 e. The van der Waals surface area contributed by atoms with Gasteiger partial charge >= 0.3 is 0 Å². The Bertz CT molecular complexity index is 108. The van der Waals surface area contributed by atoms with Crippen LogP contribution >= 0.6 is 0 Å². The average molecular weight is 128 g/mol. The zero-order valence-corrected chi connectivity index (χ0v) is 5.71. The highest BCUT2D eigenvalue weighted by Crippen LogP contribution is 2.16. The van der Waals surface area contributed by atoms with Crippen LogP contribution in [0.5, 0.6) is 0 Å². The van der Waals surface area contributed by atoms with Gasteiger partial charge in [-0.25, -0.2) is 0 Å². The maximum atomic E-state index is 5.03. The van der Waals surface area contributed by atoms with E-state index in [0.717, 1.165) is 19.5 Å². The standard InChI is InChI=1S/C6H12N2O/c1-7-2-6(3-7)8-4-9-5-8/h6H,2-5H2,1H3. The van der Waals surface area contributed by atoms with Crippen molar-refractivity contribution >= 4 is 0 Å². The first-order valence-corrected chi connectivity index (χ1v) is 3.36. The highest BCUT2D eigenvalue weighted by molar-refractivity contribution is 4.85. The van der Waals surface area contributed by atoms with Crippen molar-refractivity contribution in [2.45, 2.75) is 6.04 Å². The Kier molecular flexibility index (Phi) is 1.22. The fourth-order valence-corrected chi connectivity index (χ4v) is 1.30. The van der Waals surface area contributed by atoms with Crippen LogP contribution in [0.15, 0.2) is 0 Å². The van der Waals surface area contributed by atoms with E-state index in [1.165, 1.54) is 13.1 Å². The van der Waals surface area contributed by atoms with E-state index in [1.54, 1.807) is 0 Å². The lowest BCUT2D eigenvalue weighted by molar-refractivity contribution is -0.186. The van der Waals surface area contributed by atoms with Gasteiger partial charge in [0.2, 0.25) is 0 Å². The molecule has 3 nitrogen and oxygen atoms in total. The van der Waals surface area contributed by atoms with Crippen LogP contribution in [0, 0.1) is 0 Å². The monoisotopic (exact) mass is 128 g/mol. The maximum absolute atomic E-state index is 5.03. The van der Waals surface area contributed by atoms with Crippen molar-refractivity contribution in [3.05, 3.63) is 0 Å². The molecule has 0 aromatic heterocycles. The van der Waals surface area contributed by atoms with Gasteiger partial charge in [0, 0.05) is 19.1 Å². The summed E-state index contributed by atoms with van der Waals surface area (Å²) in [5, 5.41) is 0. The van der Waals surface area contributed by atoms with Crippen LogP contribution in [0.4, 0.5) is 0 Å². The van der Waals surface area contributed by atoms with Crippen LogP contribution in [-0.4, -0.2) is 49.4 Å². The second kappa shape index (κ2) is 1.94. The summed E-state index contributed by atoms with van der Waals surface area (Å²) in [6.45, 7) is 4.17. The summed E-state index contributed by atoms with van der Waals surface area (Å²) in [5.41, 5.74) is 0. The van der Waals surface area contributed by atoms with Crippen molar-refractivity contribution in [1.29, 1.82) is 0 Å². The minimum atomic E-state index is 0.795. The van der Waals surface area contributed by atoms with E-state index in [-0.39, 0.29) is 0 Å². The molecule has 0 bridgehead atoms. The summed E-state index contributed by atoms with van der Waals surface area (Å²) in [6.07, 6.45) is 0. The number of rotatable bonds is 1. The molecule has 0 radical (unpaired) electrons. The summed E-state index contributed by atoms with van der Waals surface area (Å²) >= 11 is 0. The Hall–Kier alpha value is -0.120.